The van der Waals surface area contributed by atoms with Crippen LogP contribution in [0.1, 0.15) is 5.56 Å². The van der Waals surface area contributed by atoms with Gasteiger partial charge in [-0.3, -0.25) is 4.79 Å². The second-order valence-electron chi connectivity index (χ2n) is 4.65. The lowest BCUT2D eigenvalue weighted by molar-refractivity contribution is -0.126. The van der Waals surface area contributed by atoms with Gasteiger partial charge in [0.05, 0.1) is 5.92 Å². The van der Waals surface area contributed by atoms with E-state index in [4.69, 9.17) is 0 Å². The van der Waals surface area contributed by atoms with E-state index in [9.17, 15) is 4.79 Å². The Hall–Kier alpha value is -1.10. The van der Waals surface area contributed by atoms with Gasteiger partial charge in [0.1, 0.15) is 0 Å². The van der Waals surface area contributed by atoms with E-state index in [0.717, 1.165) is 26.1 Å². The molecule has 1 fully saturated rings. The predicted octanol–water partition coefficient (Wildman–Crippen LogP) is 2.20. The van der Waals surface area contributed by atoms with Gasteiger partial charge in [-0.15, -0.1) is 23.7 Å². The number of carbonyl (C=O) groups excluding carboxylic acids is 1. The summed E-state index contributed by atoms with van der Waals surface area (Å²) in [5.74, 6) is 0.373. The van der Waals surface area contributed by atoms with E-state index in [0.29, 0.717) is 0 Å². The normalized spacial score (nSPS) is 14.7. The fraction of sp³-hybridized carbons (Fsp3) is 0.357. The molecule has 1 aromatic heterocycles. The van der Waals surface area contributed by atoms with Crippen LogP contribution in [0.25, 0.3) is 10.1 Å². The van der Waals surface area contributed by atoms with Gasteiger partial charge in [0.15, 0.2) is 0 Å². The number of halogens is 1. The Kier molecular flexibility index (Phi) is 4.80. The molecule has 0 saturated carbocycles. The Labute approximate surface area is 122 Å². The average molecular weight is 297 g/mol. The minimum absolute atomic E-state index is 0. The number of carbonyl (C=O) groups is 1. The van der Waals surface area contributed by atoms with Crippen LogP contribution in [-0.2, 0) is 11.2 Å². The zero-order valence-electron chi connectivity index (χ0n) is 10.5. The van der Waals surface area contributed by atoms with Crippen molar-refractivity contribution in [1.29, 1.82) is 0 Å². The third kappa shape index (κ3) is 3.08. The van der Waals surface area contributed by atoms with Crippen LogP contribution in [0, 0.1) is 5.92 Å². The van der Waals surface area contributed by atoms with Crippen molar-refractivity contribution in [3.8, 4) is 0 Å². The summed E-state index contributed by atoms with van der Waals surface area (Å²) >= 11 is 1.77. The topological polar surface area (TPSA) is 41.1 Å². The zero-order valence-corrected chi connectivity index (χ0v) is 12.2. The molecule has 2 aromatic rings. The van der Waals surface area contributed by atoms with Gasteiger partial charge >= 0.3 is 0 Å². The molecule has 0 spiro atoms. The highest BCUT2D eigenvalue weighted by Crippen LogP contribution is 2.25. The highest BCUT2D eigenvalue weighted by atomic mass is 35.5. The second-order valence-corrected chi connectivity index (χ2v) is 5.56. The smallest absolute Gasteiger partial charge is 0.225 e. The molecule has 102 valence electrons. The van der Waals surface area contributed by atoms with Crippen molar-refractivity contribution >= 4 is 39.7 Å². The Morgan fingerprint density at radius 2 is 2.16 bits per heavy atom. The summed E-state index contributed by atoms with van der Waals surface area (Å²) in [4.78, 5) is 11.7. The van der Waals surface area contributed by atoms with Crippen LogP contribution in [-0.4, -0.2) is 25.5 Å². The summed E-state index contributed by atoms with van der Waals surface area (Å²) in [6, 6.07) is 8.42. The van der Waals surface area contributed by atoms with E-state index in [1.165, 1.54) is 15.6 Å². The molecule has 19 heavy (non-hydrogen) atoms. The molecular formula is C14H17ClN2OS. The number of rotatable bonds is 4. The van der Waals surface area contributed by atoms with Crippen molar-refractivity contribution in [2.75, 3.05) is 19.6 Å². The molecular weight excluding hydrogens is 280 g/mol. The summed E-state index contributed by atoms with van der Waals surface area (Å²) < 4.78 is 1.32. The number of hydrogen-bond acceptors (Lipinski definition) is 3. The number of benzene rings is 1. The number of amides is 1. The maximum Gasteiger partial charge on any atom is 0.225 e. The van der Waals surface area contributed by atoms with Gasteiger partial charge in [-0.1, -0.05) is 18.2 Å². The largest absolute Gasteiger partial charge is 0.355 e. The molecule has 5 heteroatoms. The van der Waals surface area contributed by atoms with Gasteiger partial charge in [-0.2, -0.15) is 0 Å². The predicted molar refractivity (Wildman–Crippen MR) is 82.1 cm³/mol. The average Bonchev–Trinajstić information content (AvgIpc) is 2.71. The minimum Gasteiger partial charge on any atom is -0.355 e. The molecule has 1 saturated heterocycles. The van der Waals surface area contributed by atoms with E-state index in [2.05, 4.69) is 40.3 Å². The van der Waals surface area contributed by atoms with E-state index in [1.54, 1.807) is 11.3 Å². The first-order valence-corrected chi connectivity index (χ1v) is 7.16. The lowest BCUT2D eigenvalue weighted by Gasteiger charge is -2.25. The molecule has 0 unspecified atom stereocenters. The summed E-state index contributed by atoms with van der Waals surface area (Å²) in [6.07, 6.45) is 0.913. The molecule has 1 aromatic carbocycles. The Bertz CT molecular complexity index is 565. The van der Waals surface area contributed by atoms with Crippen molar-refractivity contribution in [2.45, 2.75) is 6.42 Å². The molecule has 3 rings (SSSR count). The van der Waals surface area contributed by atoms with E-state index >= 15 is 0 Å². The van der Waals surface area contributed by atoms with Crippen molar-refractivity contribution in [2.24, 2.45) is 5.92 Å². The zero-order chi connectivity index (χ0) is 12.4. The molecule has 3 nitrogen and oxygen atoms in total. The number of nitrogens with one attached hydrogen (secondary N) is 2. The molecule has 0 bridgehead atoms. The third-order valence-electron chi connectivity index (χ3n) is 3.41. The monoisotopic (exact) mass is 296 g/mol. The number of hydrogen-bond donors (Lipinski definition) is 2. The van der Waals surface area contributed by atoms with Crippen molar-refractivity contribution in [3.63, 3.8) is 0 Å². The quantitative estimate of drug-likeness (QED) is 0.908. The first-order valence-electron chi connectivity index (χ1n) is 6.28. The Balaban J connectivity index is 0.00000133. The molecule has 0 radical (unpaired) electrons. The standard InChI is InChI=1S/C14H16N2OS.ClH/c17-14(11-7-15-8-11)16-6-5-10-9-18-13-4-2-1-3-12(10)13;/h1-4,9,11,15H,5-8H2,(H,16,17);1H. The fourth-order valence-corrected chi connectivity index (χ4v) is 3.16. The van der Waals surface area contributed by atoms with Crippen LogP contribution in [0.4, 0.5) is 0 Å². The van der Waals surface area contributed by atoms with Crippen LogP contribution in [0.2, 0.25) is 0 Å². The maximum atomic E-state index is 11.7. The van der Waals surface area contributed by atoms with Crippen molar-refractivity contribution < 1.29 is 4.79 Å². The lowest BCUT2D eigenvalue weighted by atomic mass is 10.0. The first-order chi connectivity index (χ1) is 8.84. The summed E-state index contributed by atoms with van der Waals surface area (Å²) in [5.41, 5.74) is 1.34. The molecule has 1 aliphatic heterocycles. The minimum atomic E-state index is 0. The van der Waals surface area contributed by atoms with E-state index in [-0.39, 0.29) is 24.2 Å². The van der Waals surface area contributed by atoms with Gasteiger partial charge in [0.25, 0.3) is 0 Å². The van der Waals surface area contributed by atoms with Gasteiger partial charge in [-0.05, 0) is 28.8 Å². The van der Waals surface area contributed by atoms with Crippen molar-refractivity contribution in [3.05, 3.63) is 35.2 Å². The highest BCUT2D eigenvalue weighted by molar-refractivity contribution is 7.17. The molecule has 1 amide bonds. The second kappa shape index (κ2) is 6.37. The first kappa shape index (κ1) is 14.3. The molecule has 2 N–H and O–H groups in total. The molecule has 1 aliphatic rings. The summed E-state index contributed by atoms with van der Waals surface area (Å²) in [7, 11) is 0. The summed E-state index contributed by atoms with van der Waals surface area (Å²) in [6.45, 7) is 2.39. The Morgan fingerprint density at radius 3 is 2.89 bits per heavy atom. The molecule has 0 atom stereocenters. The van der Waals surface area contributed by atoms with Crippen LogP contribution in [0.3, 0.4) is 0 Å². The number of thiophene rings is 1. The summed E-state index contributed by atoms with van der Waals surface area (Å²) in [5, 5.41) is 9.64. The lowest BCUT2D eigenvalue weighted by Crippen LogP contribution is -2.51. The van der Waals surface area contributed by atoms with Gasteiger partial charge < -0.3 is 10.6 Å². The van der Waals surface area contributed by atoms with Crippen LogP contribution in [0.15, 0.2) is 29.6 Å². The van der Waals surface area contributed by atoms with Gasteiger partial charge in [0.2, 0.25) is 5.91 Å². The van der Waals surface area contributed by atoms with Crippen LogP contribution >= 0.6 is 23.7 Å². The van der Waals surface area contributed by atoms with Crippen LogP contribution < -0.4 is 10.6 Å². The van der Waals surface area contributed by atoms with Crippen molar-refractivity contribution in [1.82, 2.24) is 10.6 Å². The highest BCUT2D eigenvalue weighted by Gasteiger charge is 2.24. The third-order valence-corrected chi connectivity index (χ3v) is 4.42. The number of fused-ring (bicyclic) bond motifs is 1. The molecule has 2 heterocycles. The van der Waals surface area contributed by atoms with E-state index < -0.39 is 0 Å². The van der Waals surface area contributed by atoms with Crippen LogP contribution in [0.5, 0.6) is 0 Å². The Morgan fingerprint density at radius 1 is 1.37 bits per heavy atom. The SMILES string of the molecule is Cl.O=C(NCCc1csc2ccccc12)C1CNC1. The van der Waals surface area contributed by atoms with E-state index in [1.807, 2.05) is 0 Å². The fourth-order valence-electron chi connectivity index (χ4n) is 2.17. The van der Waals surface area contributed by atoms with Gasteiger partial charge in [-0.25, -0.2) is 0 Å². The van der Waals surface area contributed by atoms with Gasteiger partial charge in [0, 0.05) is 24.3 Å². The maximum absolute atomic E-state index is 11.7. The molecule has 0 aliphatic carbocycles.